The average molecular weight is 470 g/mol. The molecule has 0 spiro atoms. The lowest BCUT2D eigenvalue weighted by molar-refractivity contribution is 0.0952. The Labute approximate surface area is 193 Å². The van der Waals surface area contributed by atoms with Gasteiger partial charge in [-0.05, 0) is 48.5 Å². The second-order valence-corrected chi connectivity index (χ2v) is 7.80. The van der Waals surface area contributed by atoms with Crippen molar-refractivity contribution >= 4 is 40.7 Å². The van der Waals surface area contributed by atoms with Gasteiger partial charge in [-0.1, -0.05) is 59.1 Å². The molecule has 0 aliphatic carbocycles. The molecule has 0 radical (unpaired) electrons. The van der Waals surface area contributed by atoms with Gasteiger partial charge in [0.25, 0.3) is 5.91 Å². The highest BCUT2D eigenvalue weighted by Gasteiger charge is 2.09. The molecule has 5 nitrogen and oxygen atoms in total. The van der Waals surface area contributed by atoms with E-state index in [1.54, 1.807) is 54.9 Å². The van der Waals surface area contributed by atoms with Gasteiger partial charge >= 0.3 is 0 Å². The first-order chi connectivity index (χ1) is 15.0. The average Bonchev–Trinajstić information content (AvgIpc) is 2.78. The van der Waals surface area contributed by atoms with E-state index in [1.165, 1.54) is 0 Å². The molecule has 0 atom stereocenters. The molecule has 0 unspecified atom stereocenters. The molecule has 8 heteroatoms. The van der Waals surface area contributed by atoms with Crippen LogP contribution in [-0.4, -0.2) is 15.5 Å². The zero-order chi connectivity index (χ0) is 21.8. The first kappa shape index (κ1) is 21.1. The Morgan fingerprint density at radius 3 is 2.42 bits per heavy atom. The van der Waals surface area contributed by atoms with Crippen LogP contribution in [-0.2, 0) is 0 Å². The number of aromatic nitrogens is 2. The number of hydrogen-bond acceptors (Lipinski definition) is 3. The van der Waals surface area contributed by atoms with E-state index in [4.69, 9.17) is 34.8 Å². The molecule has 1 heterocycles. The summed E-state index contributed by atoms with van der Waals surface area (Å²) in [7, 11) is 0. The third-order valence-electron chi connectivity index (χ3n) is 4.42. The van der Waals surface area contributed by atoms with Crippen LogP contribution in [0.25, 0.3) is 16.9 Å². The summed E-state index contributed by atoms with van der Waals surface area (Å²) in [4.78, 5) is 16.9. The lowest BCUT2D eigenvalue weighted by Crippen LogP contribution is -2.27. The first-order valence-corrected chi connectivity index (χ1v) is 10.3. The predicted octanol–water partition coefficient (Wildman–Crippen LogP) is 5.75. The van der Waals surface area contributed by atoms with Crippen molar-refractivity contribution in [1.29, 1.82) is 0 Å². The maximum atomic E-state index is 12.5. The number of rotatable bonds is 4. The van der Waals surface area contributed by atoms with E-state index in [0.29, 0.717) is 31.8 Å². The van der Waals surface area contributed by atoms with Crippen LogP contribution in [0.4, 0.5) is 0 Å². The molecular weight excluding hydrogens is 455 g/mol. The summed E-state index contributed by atoms with van der Waals surface area (Å²) < 4.78 is 1.81. The Bertz CT molecular complexity index is 1320. The van der Waals surface area contributed by atoms with Gasteiger partial charge in [0, 0.05) is 33.1 Å². The van der Waals surface area contributed by atoms with Crippen LogP contribution in [0.15, 0.2) is 90.3 Å². The number of carbonyl (C=O) groups excluding carboxylic acids is 1. The quantitative estimate of drug-likeness (QED) is 0.387. The maximum absolute atomic E-state index is 12.5. The van der Waals surface area contributed by atoms with Crippen molar-refractivity contribution in [3.05, 3.63) is 111 Å². The fourth-order valence-corrected chi connectivity index (χ4v) is 3.62. The molecule has 0 aliphatic rings. The van der Waals surface area contributed by atoms with Gasteiger partial charge in [-0.3, -0.25) is 14.3 Å². The molecule has 0 saturated heterocycles. The zero-order valence-corrected chi connectivity index (χ0v) is 18.2. The fourth-order valence-electron chi connectivity index (χ4n) is 2.93. The molecule has 154 valence electrons. The van der Waals surface area contributed by atoms with E-state index in [-0.39, 0.29) is 5.91 Å². The smallest absolute Gasteiger partial charge is 0.271 e. The van der Waals surface area contributed by atoms with E-state index < -0.39 is 0 Å². The predicted molar refractivity (Wildman–Crippen MR) is 124 cm³/mol. The Hall–Kier alpha value is -3.12. The standard InChI is InChI=1S/C23H15Cl3N4O/c24-16-6-4-5-15(11-16)23(31)29-28-22-13-27-21(19-10-9-17(25)12-20(19)26)14-30(22)18-7-2-1-3-8-18/h1-14H,(H,29,31)/b28-22+. The van der Waals surface area contributed by atoms with Gasteiger partial charge in [0.15, 0.2) is 5.49 Å². The Morgan fingerprint density at radius 1 is 0.903 bits per heavy atom. The van der Waals surface area contributed by atoms with Gasteiger partial charge in [-0.25, -0.2) is 5.43 Å². The van der Waals surface area contributed by atoms with Crippen LogP contribution >= 0.6 is 34.8 Å². The number of benzene rings is 3. The molecule has 0 fully saturated rings. The van der Waals surface area contributed by atoms with E-state index in [9.17, 15) is 4.79 Å². The second-order valence-electron chi connectivity index (χ2n) is 6.52. The SMILES string of the molecule is O=C(N/N=c1\cnc(-c2ccc(Cl)cc2Cl)cn1-c1ccccc1)c1cccc(Cl)c1. The van der Waals surface area contributed by atoms with E-state index in [2.05, 4.69) is 15.5 Å². The van der Waals surface area contributed by atoms with E-state index >= 15 is 0 Å². The molecule has 31 heavy (non-hydrogen) atoms. The van der Waals surface area contributed by atoms with Crippen molar-refractivity contribution < 1.29 is 4.79 Å². The van der Waals surface area contributed by atoms with Crippen molar-refractivity contribution in [2.45, 2.75) is 0 Å². The normalized spacial score (nSPS) is 11.4. The molecule has 0 aliphatic heterocycles. The summed E-state index contributed by atoms with van der Waals surface area (Å²) >= 11 is 18.3. The largest absolute Gasteiger partial charge is 0.297 e. The van der Waals surface area contributed by atoms with Crippen LogP contribution < -0.4 is 10.9 Å². The first-order valence-electron chi connectivity index (χ1n) is 9.20. The molecule has 3 aromatic carbocycles. The van der Waals surface area contributed by atoms with Gasteiger partial charge in [-0.15, -0.1) is 0 Å². The van der Waals surface area contributed by atoms with Gasteiger partial charge in [0.1, 0.15) is 0 Å². The van der Waals surface area contributed by atoms with Crippen LogP contribution in [0.5, 0.6) is 0 Å². The molecule has 1 amide bonds. The van der Waals surface area contributed by atoms with Gasteiger partial charge < -0.3 is 0 Å². The Kier molecular flexibility index (Phi) is 6.37. The van der Waals surface area contributed by atoms with Crippen molar-refractivity contribution in [3.8, 4) is 16.9 Å². The third-order valence-corrected chi connectivity index (χ3v) is 5.20. The Morgan fingerprint density at radius 2 is 1.68 bits per heavy atom. The molecule has 0 bridgehead atoms. The van der Waals surface area contributed by atoms with Crippen LogP contribution in [0.3, 0.4) is 0 Å². The minimum atomic E-state index is -0.382. The molecule has 1 N–H and O–H groups in total. The number of halogens is 3. The highest BCUT2D eigenvalue weighted by atomic mass is 35.5. The van der Waals surface area contributed by atoms with Crippen molar-refractivity contribution in [2.75, 3.05) is 0 Å². The Balaban J connectivity index is 1.77. The van der Waals surface area contributed by atoms with Crippen molar-refractivity contribution in [2.24, 2.45) is 5.10 Å². The topological polar surface area (TPSA) is 59.3 Å². The summed E-state index contributed by atoms with van der Waals surface area (Å²) in [5.41, 5.74) is 5.58. The maximum Gasteiger partial charge on any atom is 0.271 e. The molecule has 0 saturated carbocycles. The highest BCUT2D eigenvalue weighted by molar-refractivity contribution is 6.36. The zero-order valence-electron chi connectivity index (χ0n) is 16.0. The summed E-state index contributed by atoms with van der Waals surface area (Å²) in [5.74, 6) is -0.382. The van der Waals surface area contributed by atoms with Crippen molar-refractivity contribution in [1.82, 2.24) is 15.0 Å². The molecule has 4 rings (SSSR count). The van der Waals surface area contributed by atoms with Crippen LogP contribution in [0, 0.1) is 0 Å². The second kappa shape index (κ2) is 9.35. The number of hydrogen-bond donors (Lipinski definition) is 1. The van der Waals surface area contributed by atoms with Gasteiger partial charge in [0.2, 0.25) is 0 Å². The van der Waals surface area contributed by atoms with Gasteiger partial charge in [0.05, 0.1) is 16.9 Å². The minimum Gasteiger partial charge on any atom is -0.297 e. The number of nitrogens with zero attached hydrogens (tertiary/aromatic N) is 3. The molecule has 4 aromatic rings. The number of carbonyl (C=O) groups is 1. The summed E-state index contributed by atoms with van der Waals surface area (Å²) in [6.07, 6.45) is 3.36. The lowest BCUT2D eigenvalue weighted by atomic mass is 10.1. The summed E-state index contributed by atoms with van der Waals surface area (Å²) in [6.45, 7) is 0. The monoisotopic (exact) mass is 468 g/mol. The lowest BCUT2D eigenvalue weighted by Gasteiger charge is -2.11. The van der Waals surface area contributed by atoms with Crippen molar-refractivity contribution in [3.63, 3.8) is 0 Å². The fraction of sp³-hybridized carbons (Fsp3) is 0. The molecule has 1 aromatic heterocycles. The third kappa shape index (κ3) is 4.97. The van der Waals surface area contributed by atoms with E-state index in [1.807, 2.05) is 34.9 Å². The summed E-state index contributed by atoms with van der Waals surface area (Å²) in [6, 6.07) is 21.4. The molecular formula is C23H15Cl3N4O. The van der Waals surface area contributed by atoms with Crippen LogP contribution in [0.2, 0.25) is 15.1 Å². The number of para-hydroxylation sites is 1. The number of nitrogens with one attached hydrogen (secondary N) is 1. The van der Waals surface area contributed by atoms with Crippen LogP contribution in [0.1, 0.15) is 10.4 Å². The highest BCUT2D eigenvalue weighted by Crippen LogP contribution is 2.28. The minimum absolute atomic E-state index is 0.382. The van der Waals surface area contributed by atoms with Gasteiger partial charge in [-0.2, -0.15) is 5.10 Å². The van der Waals surface area contributed by atoms with E-state index in [0.717, 1.165) is 11.3 Å². The number of amides is 1. The summed E-state index contributed by atoms with van der Waals surface area (Å²) in [5, 5.41) is 5.76.